The topological polar surface area (TPSA) is 545 Å². The first kappa shape index (κ1) is 57.9. The zero-order chi connectivity index (χ0) is 51.9. The van der Waals surface area contributed by atoms with E-state index in [9.17, 15) is 94.7 Å². The van der Waals surface area contributed by atoms with Gasteiger partial charge < -0.3 is 19.9 Å². The highest BCUT2D eigenvalue weighted by molar-refractivity contribution is 7.92. The largest absolute Gasteiger partial charge is 0.399 e. The summed E-state index contributed by atoms with van der Waals surface area (Å²) in [5, 5.41) is 0. The highest BCUT2D eigenvalue weighted by Gasteiger charge is 2.62. The molecule has 0 radical (unpaired) electrons. The Morgan fingerprint density at radius 1 is 0.529 bits per heavy atom. The quantitative estimate of drug-likeness (QED) is 0.0307. The van der Waals surface area contributed by atoms with E-state index in [0.29, 0.717) is 0 Å². The van der Waals surface area contributed by atoms with E-state index in [1.54, 1.807) is 0 Å². The zero-order valence-corrected chi connectivity index (χ0v) is 39.7. The maximum absolute atomic E-state index is 13.0. The molecule has 10 N–H and O–H groups in total. The lowest BCUT2D eigenvalue weighted by Gasteiger charge is -2.51. The summed E-state index contributed by atoms with van der Waals surface area (Å²) in [5.74, 6) is 0. The van der Waals surface area contributed by atoms with Crippen molar-refractivity contribution in [3.8, 4) is 0 Å². The predicted octanol–water partition coefficient (Wildman–Crippen LogP) is -3.76. The van der Waals surface area contributed by atoms with Crippen LogP contribution in [-0.2, 0) is 131 Å². The van der Waals surface area contributed by atoms with Crippen LogP contribution in [0.25, 0.3) is 0 Å². The van der Waals surface area contributed by atoms with Crippen molar-refractivity contribution in [2.45, 2.75) is 65.0 Å². The first-order valence-electron chi connectivity index (χ1n) is 16.8. The van der Waals surface area contributed by atoms with E-state index < -0.39 is 162 Å². The van der Waals surface area contributed by atoms with Crippen molar-refractivity contribution in [1.29, 1.82) is 0 Å². The summed E-state index contributed by atoms with van der Waals surface area (Å²) in [6, 6.07) is 8.00. The van der Waals surface area contributed by atoms with Crippen molar-refractivity contribution < 1.29 is 143 Å². The van der Waals surface area contributed by atoms with Crippen LogP contribution in [0.5, 0.6) is 0 Å². The van der Waals surface area contributed by atoms with Crippen LogP contribution in [0.1, 0.15) is 5.56 Å². The molecule has 2 aliphatic heterocycles. The Hall–Kier alpha value is -2.69. The van der Waals surface area contributed by atoms with Gasteiger partial charge in [0.25, 0.3) is 10.0 Å². The van der Waals surface area contributed by atoms with E-state index in [4.69, 9.17) is 24.5 Å². The molecular formula is C24H32N2O33S9. The molecule has 44 heteroatoms. The molecule has 390 valence electrons. The molecule has 0 saturated carbocycles. The number of nitrogen functional groups attached to an aromatic ring is 1. The van der Waals surface area contributed by atoms with Crippen molar-refractivity contribution in [1.82, 2.24) is 0 Å². The van der Waals surface area contributed by atoms with Gasteiger partial charge >= 0.3 is 72.8 Å². The first-order valence-corrected chi connectivity index (χ1v) is 28.2. The molecule has 2 saturated heterocycles. The van der Waals surface area contributed by atoms with Gasteiger partial charge in [0.1, 0.15) is 36.6 Å². The highest BCUT2D eigenvalue weighted by Crippen LogP contribution is 2.47. The van der Waals surface area contributed by atoms with Gasteiger partial charge in [0, 0.05) is 11.4 Å². The fraction of sp³-hybridized carbons (Fsp3) is 0.500. The summed E-state index contributed by atoms with van der Waals surface area (Å²) in [7, 11) is -46.5. The Morgan fingerprint density at radius 3 is 1.41 bits per heavy atom. The average molecular weight is 1170 g/mol. The number of thiol groups is 1. The van der Waals surface area contributed by atoms with Gasteiger partial charge in [-0.25, -0.2) is 37.7 Å². The molecule has 68 heavy (non-hydrogen) atoms. The standard InChI is InChI=1S/C24H32N2O33S9/c25-12-3-7-14(8-4-12)61(27,28)26-13-5-1-11(2-6-13)24(60)22(59-68(47,48)49)20(57-66(41,42)43)17(16(54-24)10-51-63(32,33)34)53-23-21(58-67(44,45)46)19(56-65(38,39)40)18(55-64(35,36)37)15(52-23)9-50-62(29,30)31/h1-8,15-23,26,60H,9-10,25H2,(H,29,30,31)(H,32,33,34)(H,35,36,37)(H,38,39,40)(H,41,42,43)(H,44,45,46)(H,47,48,49)/t15-,16-,17-,18-,19+,20+,21-,22-,23-,24+/m1/s1. The number of benzene rings is 2. The van der Waals surface area contributed by atoms with Crippen LogP contribution in [0, 0.1) is 0 Å². The Bertz CT molecular complexity index is 3060. The number of ether oxygens (including phenoxy) is 3. The van der Waals surface area contributed by atoms with Crippen LogP contribution in [0.15, 0.2) is 53.4 Å². The van der Waals surface area contributed by atoms with Crippen molar-refractivity contribution in [2.24, 2.45) is 0 Å². The number of nitrogens with one attached hydrogen (secondary N) is 1. The fourth-order valence-electron chi connectivity index (χ4n) is 5.97. The monoisotopic (exact) mass is 1160 g/mol. The summed E-state index contributed by atoms with van der Waals surface area (Å²) < 4.78 is 310. The number of hydrogen-bond acceptors (Lipinski definition) is 28. The number of nitrogens with two attached hydrogens (primary N) is 1. The van der Waals surface area contributed by atoms with Gasteiger partial charge in [0.2, 0.25) is 0 Å². The summed E-state index contributed by atoms with van der Waals surface area (Å²) in [5.41, 5.74) is 4.77. The van der Waals surface area contributed by atoms with Gasteiger partial charge in [-0.1, -0.05) is 12.1 Å². The molecule has 0 unspecified atom stereocenters. The van der Waals surface area contributed by atoms with Crippen LogP contribution in [0.3, 0.4) is 0 Å². The molecule has 0 bridgehead atoms. The first-order chi connectivity index (χ1) is 30.5. The smallest absolute Gasteiger partial charge is 0.397 e. The number of hydrogen-bond donors (Lipinski definition) is 10. The minimum absolute atomic E-state index is 0.173. The highest BCUT2D eigenvalue weighted by atomic mass is 32.3. The van der Waals surface area contributed by atoms with E-state index >= 15 is 0 Å². The van der Waals surface area contributed by atoms with Crippen LogP contribution < -0.4 is 10.5 Å². The minimum atomic E-state index is -6.20. The number of sulfonamides is 1. The van der Waals surface area contributed by atoms with Crippen molar-refractivity contribution in [2.75, 3.05) is 23.7 Å². The van der Waals surface area contributed by atoms with Crippen LogP contribution in [-0.4, -0.2) is 168 Å². The summed E-state index contributed by atoms with van der Waals surface area (Å²) in [6.45, 7) is -3.70. The van der Waals surface area contributed by atoms with E-state index in [1.165, 1.54) is 12.1 Å². The number of rotatable bonds is 22. The third kappa shape index (κ3) is 17.6. The lowest BCUT2D eigenvalue weighted by atomic mass is 9.90. The molecule has 4 rings (SSSR count). The summed E-state index contributed by atoms with van der Waals surface area (Å²) in [6.07, 6.45) is -28.0. The lowest BCUT2D eigenvalue weighted by molar-refractivity contribution is -0.333. The maximum Gasteiger partial charge on any atom is 0.397 e. The average Bonchev–Trinajstić information content (AvgIpc) is 3.12. The van der Waals surface area contributed by atoms with E-state index in [0.717, 1.165) is 36.4 Å². The van der Waals surface area contributed by atoms with Crippen LogP contribution in [0.2, 0.25) is 0 Å². The molecule has 10 atom stereocenters. The van der Waals surface area contributed by atoms with Gasteiger partial charge in [-0.15, -0.1) is 12.6 Å². The van der Waals surface area contributed by atoms with Gasteiger partial charge in [0.05, 0.1) is 18.1 Å². The van der Waals surface area contributed by atoms with E-state index in [1.807, 2.05) is 0 Å². The molecule has 0 spiro atoms. The molecule has 0 aromatic heterocycles. The third-order valence-corrected chi connectivity index (χ3v) is 13.4. The predicted molar refractivity (Wildman–Crippen MR) is 214 cm³/mol. The molecule has 2 aromatic carbocycles. The van der Waals surface area contributed by atoms with E-state index in [2.05, 4.69) is 46.6 Å². The SMILES string of the molecule is Nc1ccc(S(=O)(=O)Nc2ccc([C@@]3(S)O[C@H](COS(=O)(=O)O)[C@@H](O[C@H]4O[C@H](COS(=O)(=O)O)[C@@H](OS(=O)(=O)O)[C@H](OS(=O)(=O)O)[C@H]4OS(=O)(=O)O)[C@H](OS(=O)(=O)O)[C@H]3OS(=O)(=O)O)cc2)cc1. The van der Waals surface area contributed by atoms with Gasteiger partial charge in [-0.05, 0) is 42.0 Å². The second-order valence-corrected chi connectivity index (χ2v) is 22.8. The lowest BCUT2D eigenvalue weighted by Crippen LogP contribution is -2.68. The Morgan fingerprint density at radius 2 is 0.956 bits per heavy atom. The Balaban J connectivity index is 1.99. The molecule has 2 fully saturated rings. The van der Waals surface area contributed by atoms with Gasteiger partial charge in [0.15, 0.2) is 23.4 Å². The molecular weight excluding hydrogens is 1130 g/mol. The van der Waals surface area contributed by atoms with Gasteiger partial charge in [-0.2, -0.15) is 58.9 Å². The molecule has 35 nitrogen and oxygen atoms in total. The van der Waals surface area contributed by atoms with Crippen LogP contribution in [0.4, 0.5) is 11.4 Å². The fourth-order valence-corrected chi connectivity index (χ4v) is 10.7. The maximum atomic E-state index is 13.0. The van der Waals surface area contributed by atoms with E-state index in [-0.39, 0.29) is 16.3 Å². The molecule has 0 aliphatic carbocycles. The normalized spacial score (nSPS) is 28.2. The zero-order valence-electron chi connectivity index (χ0n) is 32.3. The third-order valence-electron chi connectivity index (χ3n) is 8.25. The van der Waals surface area contributed by atoms with Crippen molar-refractivity contribution in [3.63, 3.8) is 0 Å². The Labute approximate surface area is 390 Å². The minimum Gasteiger partial charge on any atom is -0.399 e. The second kappa shape index (κ2) is 20.8. The molecule has 2 heterocycles. The molecule has 0 amide bonds. The second-order valence-electron chi connectivity index (χ2n) is 13.1. The summed E-state index contributed by atoms with van der Waals surface area (Å²) in [4.78, 5) is -3.49. The van der Waals surface area contributed by atoms with Crippen molar-refractivity contribution in [3.05, 3.63) is 54.1 Å². The van der Waals surface area contributed by atoms with Crippen molar-refractivity contribution >= 4 is 107 Å². The number of anilines is 2. The summed E-state index contributed by atoms with van der Waals surface area (Å²) >= 11 is 4.20. The molecule has 2 aromatic rings. The van der Waals surface area contributed by atoms with Gasteiger partial charge in [-0.3, -0.25) is 36.6 Å². The molecule has 2 aliphatic rings. The Kier molecular flexibility index (Phi) is 17.7. The van der Waals surface area contributed by atoms with Crippen LogP contribution >= 0.6 is 12.6 Å².